The molecule has 0 amide bonds. The third kappa shape index (κ3) is 3.62. The topological polar surface area (TPSA) is 126 Å². The lowest BCUT2D eigenvalue weighted by atomic mass is 10.2. The molecule has 10 heteroatoms. The highest BCUT2D eigenvalue weighted by atomic mass is 35.5. The van der Waals surface area contributed by atoms with Crippen LogP contribution < -0.4 is 4.74 Å². The summed E-state index contributed by atoms with van der Waals surface area (Å²) < 4.78 is 10.3. The van der Waals surface area contributed by atoms with Crippen LogP contribution in [0.2, 0.25) is 5.02 Å². The Morgan fingerprint density at radius 3 is 2.15 bits per heavy atom. The van der Waals surface area contributed by atoms with Crippen molar-refractivity contribution in [2.45, 2.75) is 0 Å². The molecule has 0 aliphatic heterocycles. The van der Waals surface area contributed by atoms with Gasteiger partial charge in [-0.3, -0.25) is 20.2 Å². The van der Waals surface area contributed by atoms with Gasteiger partial charge in [0.25, 0.3) is 5.75 Å². The zero-order valence-corrected chi connectivity index (χ0v) is 14.1. The molecule has 2 aromatic carbocycles. The predicted molar refractivity (Wildman–Crippen MR) is 93.9 cm³/mol. The zero-order valence-electron chi connectivity index (χ0n) is 13.3. The normalized spacial score (nSPS) is 10.4. The molecule has 0 atom stereocenters. The van der Waals surface area contributed by atoms with Gasteiger partial charge in [-0.25, -0.2) is 4.79 Å². The van der Waals surface area contributed by atoms with Crippen LogP contribution in [-0.2, 0) is 0 Å². The number of hydrogen-bond donors (Lipinski definition) is 0. The molecule has 27 heavy (non-hydrogen) atoms. The fraction of sp³-hybridized carbons (Fsp3) is 0. The van der Waals surface area contributed by atoms with Crippen molar-refractivity contribution in [3.05, 3.63) is 85.6 Å². The molecule has 0 bridgehead atoms. The minimum absolute atomic E-state index is 0.268. The number of furan rings is 1. The highest BCUT2D eigenvalue weighted by Gasteiger charge is 2.30. The van der Waals surface area contributed by atoms with Crippen LogP contribution in [0.15, 0.2) is 59.0 Å². The largest absolute Gasteiger partial charge is 0.449 e. The number of carbonyl (C=O) groups is 1. The third-order valence-corrected chi connectivity index (χ3v) is 3.84. The molecule has 0 unspecified atom stereocenters. The van der Waals surface area contributed by atoms with E-state index in [9.17, 15) is 25.0 Å². The lowest BCUT2D eigenvalue weighted by Crippen LogP contribution is -2.10. The molecule has 0 spiro atoms. The van der Waals surface area contributed by atoms with Gasteiger partial charge in [-0.05, 0) is 30.3 Å². The van der Waals surface area contributed by atoms with Gasteiger partial charge in [0, 0.05) is 17.7 Å². The number of halogens is 1. The Balaban J connectivity index is 1.94. The molecule has 1 heterocycles. The highest BCUT2D eigenvalue weighted by molar-refractivity contribution is 6.33. The van der Waals surface area contributed by atoms with E-state index in [1.165, 1.54) is 12.1 Å². The average molecular weight is 389 g/mol. The number of nitrogens with zero attached hydrogens (tertiary/aromatic N) is 2. The first-order valence-electron chi connectivity index (χ1n) is 7.37. The van der Waals surface area contributed by atoms with Crippen molar-refractivity contribution in [1.29, 1.82) is 0 Å². The Kier molecular flexibility index (Phi) is 4.86. The molecule has 0 saturated carbocycles. The molecule has 3 rings (SSSR count). The number of rotatable bonds is 5. The van der Waals surface area contributed by atoms with Crippen LogP contribution in [0.1, 0.15) is 10.6 Å². The van der Waals surface area contributed by atoms with Crippen molar-refractivity contribution in [1.82, 2.24) is 0 Å². The van der Waals surface area contributed by atoms with Crippen molar-refractivity contribution in [2.24, 2.45) is 0 Å². The molecule has 136 valence electrons. The van der Waals surface area contributed by atoms with Crippen molar-refractivity contribution in [2.75, 3.05) is 0 Å². The van der Waals surface area contributed by atoms with Crippen LogP contribution in [-0.4, -0.2) is 15.8 Å². The molecular weight excluding hydrogens is 380 g/mol. The Labute approximate surface area is 156 Å². The maximum Gasteiger partial charge on any atom is 0.380 e. The standard InChI is InChI=1S/C17H9ClN2O7/c18-11-5-2-1-4-10(11)14-8-9-15(26-14)17(21)27-16-12(19(22)23)6-3-7-13(16)20(24)25/h1-9H. The van der Waals surface area contributed by atoms with Crippen molar-refractivity contribution in [3.63, 3.8) is 0 Å². The molecule has 0 saturated heterocycles. The number of hydrogen-bond acceptors (Lipinski definition) is 7. The SMILES string of the molecule is O=C(Oc1c([N+](=O)[O-])cccc1[N+](=O)[O-])c1ccc(-c2ccccc2Cl)o1. The van der Waals surface area contributed by atoms with E-state index in [0.29, 0.717) is 10.6 Å². The second-order valence-electron chi connectivity index (χ2n) is 5.17. The average Bonchev–Trinajstić information content (AvgIpc) is 3.11. The second-order valence-corrected chi connectivity index (χ2v) is 5.58. The number of nitro benzene ring substituents is 2. The summed E-state index contributed by atoms with van der Waals surface area (Å²) in [6, 6.07) is 12.6. The van der Waals surface area contributed by atoms with E-state index in [2.05, 4.69) is 0 Å². The lowest BCUT2D eigenvalue weighted by Gasteiger charge is -2.04. The smallest absolute Gasteiger partial charge is 0.380 e. The molecule has 0 aliphatic carbocycles. The summed E-state index contributed by atoms with van der Waals surface area (Å²) in [5.41, 5.74) is -0.902. The second kappa shape index (κ2) is 7.26. The fourth-order valence-electron chi connectivity index (χ4n) is 2.30. The van der Waals surface area contributed by atoms with Crippen LogP contribution in [0.5, 0.6) is 5.75 Å². The van der Waals surface area contributed by atoms with Crippen molar-refractivity contribution < 1.29 is 23.8 Å². The molecule has 0 N–H and O–H groups in total. The van der Waals surface area contributed by atoms with Crippen LogP contribution in [0, 0.1) is 20.2 Å². The van der Waals surface area contributed by atoms with E-state index in [1.54, 1.807) is 24.3 Å². The van der Waals surface area contributed by atoms with Crippen molar-refractivity contribution in [3.8, 4) is 17.1 Å². The predicted octanol–water partition coefficient (Wildman–Crippen LogP) is 4.64. The Morgan fingerprint density at radius 1 is 0.926 bits per heavy atom. The van der Waals surface area contributed by atoms with Gasteiger partial charge in [-0.2, -0.15) is 0 Å². The lowest BCUT2D eigenvalue weighted by molar-refractivity contribution is -0.395. The van der Waals surface area contributed by atoms with Crippen LogP contribution in [0.4, 0.5) is 11.4 Å². The zero-order chi connectivity index (χ0) is 19.6. The molecule has 0 aliphatic rings. The summed E-state index contributed by atoms with van der Waals surface area (Å²) in [6.45, 7) is 0. The maximum atomic E-state index is 12.3. The summed E-state index contributed by atoms with van der Waals surface area (Å²) in [7, 11) is 0. The summed E-state index contributed by atoms with van der Waals surface area (Å²) in [5, 5.41) is 22.6. The van der Waals surface area contributed by atoms with Gasteiger partial charge in [-0.1, -0.05) is 23.7 Å². The Morgan fingerprint density at radius 2 is 1.56 bits per heavy atom. The summed E-state index contributed by atoms with van der Waals surface area (Å²) in [6.07, 6.45) is 0. The molecule has 0 fully saturated rings. The maximum absolute atomic E-state index is 12.3. The van der Waals surface area contributed by atoms with Gasteiger partial charge in [-0.15, -0.1) is 0 Å². The molecular formula is C17H9ClN2O7. The minimum Gasteiger partial charge on any atom is -0.449 e. The number of benzene rings is 2. The highest BCUT2D eigenvalue weighted by Crippen LogP contribution is 2.37. The van der Waals surface area contributed by atoms with Crippen LogP contribution in [0.25, 0.3) is 11.3 Å². The van der Waals surface area contributed by atoms with Crippen LogP contribution in [0.3, 0.4) is 0 Å². The minimum atomic E-state index is -1.12. The number of nitro groups is 2. The van der Waals surface area contributed by atoms with E-state index >= 15 is 0 Å². The summed E-state index contributed by atoms with van der Waals surface area (Å²) in [4.78, 5) is 32.7. The van der Waals surface area contributed by atoms with E-state index in [-0.39, 0.29) is 11.5 Å². The third-order valence-electron chi connectivity index (χ3n) is 3.51. The Bertz CT molecular complexity index is 1030. The van der Waals surface area contributed by atoms with Crippen molar-refractivity contribution >= 4 is 28.9 Å². The molecule has 0 radical (unpaired) electrons. The van der Waals surface area contributed by atoms with Gasteiger partial charge in [0.1, 0.15) is 5.76 Å². The van der Waals surface area contributed by atoms with E-state index < -0.39 is 32.9 Å². The number of ether oxygens (including phenoxy) is 1. The van der Waals surface area contributed by atoms with Gasteiger partial charge in [0.05, 0.1) is 14.9 Å². The first kappa shape index (κ1) is 18.1. The number of carbonyl (C=O) groups excluding carboxylic acids is 1. The van der Waals surface area contributed by atoms with Gasteiger partial charge >= 0.3 is 17.3 Å². The fourth-order valence-corrected chi connectivity index (χ4v) is 2.53. The van der Waals surface area contributed by atoms with E-state index in [1.807, 2.05) is 0 Å². The monoisotopic (exact) mass is 388 g/mol. The first-order chi connectivity index (χ1) is 12.9. The number of esters is 1. The van der Waals surface area contributed by atoms with Crippen LogP contribution >= 0.6 is 11.6 Å². The first-order valence-corrected chi connectivity index (χ1v) is 7.75. The Hall–Kier alpha value is -3.72. The van der Waals surface area contributed by atoms with Gasteiger partial charge < -0.3 is 9.15 Å². The molecule has 9 nitrogen and oxygen atoms in total. The summed E-state index contributed by atoms with van der Waals surface area (Å²) in [5.74, 6) is -1.92. The summed E-state index contributed by atoms with van der Waals surface area (Å²) >= 11 is 6.06. The van der Waals surface area contributed by atoms with Gasteiger partial charge in [0.15, 0.2) is 0 Å². The van der Waals surface area contributed by atoms with E-state index in [4.69, 9.17) is 20.8 Å². The van der Waals surface area contributed by atoms with Gasteiger partial charge in [0.2, 0.25) is 5.76 Å². The quantitative estimate of drug-likeness (QED) is 0.270. The number of para-hydroxylation sites is 1. The van der Waals surface area contributed by atoms with E-state index in [0.717, 1.165) is 18.2 Å². The molecule has 3 aromatic rings. The molecule has 1 aromatic heterocycles.